The molecule has 6 nitrogen and oxygen atoms in total. The van der Waals surface area contributed by atoms with Gasteiger partial charge in [0.05, 0.1) is 11.4 Å². The number of nitrogens with two attached hydrogens (primary N) is 1. The minimum atomic E-state index is -0.298. The summed E-state index contributed by atoms with van der Waals surface area (Å²) in [7, 11) is 0. The molecule has 0 unspecified atom stereocenters. The zero-order valence-electron chi connectivity index (χ0n) is 17.1. The number of amides is 2. The first-order valence-corrected chi connectivity index (χ1v) is 10.7. The summed E-state index contributed by atoms with van der Waals surface area (Å²) in [4.78, 5) is 22.9. The van der Waals surface area contributed by atoms with E-state index < -0.39 is 0 Å². The van der Waals surface area contributed by atoms with Crippen LogP contribution in [0.15, 0.2) is 65.8 Å². The second-order valence-corrected chi connectivity index (χ2v) is 8.54. The summed E-state index contributed by atoms with van der Waals surface area (Å²) in [5.74, 6) is 0.605. The predicted octanol–water partition coefficient (Wildman–Crippen LogP) is 4.15. The lowest BCUT2D eigenvalue weighted by molar-refractivity contribution is -0.0719. The van der Waals surface area contributed by atoms with Crippen molar-refractivity contribution in [3.63, 3.8) is 0 Å². The summed E-state index contributed by atoms with van der Waals surface area (Å²) in [5, 5.41) is 3.74. The maximum atomic E-state index is 12.0. The third-order valence-corrected chi connectivity index (χ3v) is 6.70. The molecule has 0 saturated heterocycles. The van der Waals surface area contributed by atoms with Gasteiger partial charge in [-0.15, -0.1) is 0 Å². The van der Waals surface area contributed by atoms with Crippen LogP contribution in [0, 0.1) is 0 Å². The summed E-state index contributed by atoms with van der Waals surface area (Å²) in [5.41, 5.74) is 13.5. The fourth-order valence-corrected chi connectivity index (χ4v) is 4.71. The average molecular weight is 408 g/mol. The van der Waals surface area contributed by atoms with Crippen LogP contribution in [0.1, 0.15) is 36.1 Å². The molecule has 0 spiro atoms. The van der Waals surface area contributed by atoms with Gasteiger partial charge in [-0.2, -0.15) is 4.90 Å². The molecule has 0 radical (unpaired) electrons. The van der Waals surface area contributed by atoms with Crippen molar-refractivity contribution in [3.05, 3.63) is 77.5 Å². The molecule has 3 aromatic rings. The maximum Gasteiger partial charge on any atom is 0.486 e. The lowest BCUT2D eigenvalue weighted by Crippen LogP contribution is -2.43. The number of hydrogen-bond donors (Lipinski definition) is 1. The molecule has 2 aromatic carbocycles. The van der Waals surface area contributed by atoms with Gasteiger partial charge in [0.1, 0.15) is 17.2 Å². The number of pyridine rings is 1. The molecule has 2 aliphatic heterocycles. The van der Waals surface area contributed by atoms with E-state index >= 15 is 0 Å². The molecule has 6 rings (SSSR count). The van der Waals surface area contributed by atoms with E-state index in [2.05, 4.69) is 52.4 Å². The van der Waals surface area contributed by atoms with E-state index in [1.54, 1.807) is 4.90 Å². The molecule has 6 heteroatoms. The van der Waals surface area contributed by atoms with Crippen molar-refractivity contribution >= 4 is 11.9 Å². The van der Waals surface area contributed by atoms with Gasteiger partial charge in [-0.05, 0) is 36.5 Å². The second-order valence-electron chi connectivity index (χ2n) is 8.54. The number of aromatic nitrogens is 1. The minimum Gasteiger partial charge on any atom is -0.321 e. The molecule has 1 fully saturated rings. The third-order valence-electron chi connectivity index (χ3n) is 6.70. The van der Waals surface area contributed by atoms with E-state index in [4.69, 9.17) is 10.7 Å². The van der Waals surface area contributed by atoms with E-state index in [9.17, 15) is 4.79 Å². The Morgan fingerprint density at radius 3 is 2.45 bits per heavy atom. The van der Waals surface area contributed by atoms with E-state index in [1.807, 2.05) is 18.2 Å². The summed E-state index contributed by atoms with van der Waals surface area (Å²) in [6, 6.07) is 20.6. The van der Waals surface area contributed by atoms with Gasteiger partial charge in [-0.3, -0.25) is 4.98 Å². The van der Waals surface area contributed by atoms with Crippen LogP contribution in [0.4, 0.5) is 4.79 Å². The lowest BCUT2D eigenvalue weighted by atomic mass is 9.72. The summed E-state index contributed by atoms with van der Waals surface area (Å²) < 4.78 is 0. The van der Waals surface area contributed by atoms with E-state index in [-0.39, 0.29) is 11.6 Å². The molecule has 1 aliphatic carbocycles. The topological polar surface area (TPSA) is 85.7 Å². The van der Waals surface area contributed by atoms with Crippen molar-refractivity contribution in [2.75, 3.05) is 6.54 Å². The Hall–Kier alpha value is -3.60. The molecule has 31 heavy (non-hydrogen) atoms. The fraction of sp³-hybridized carbons (Fsp3) is 0.240. The number of carbonyl (C=O) groups excluding carboxylic acids is 1. The third kappa shape index (κ3) is 2.84. The van der Waals surface area contributed by atoms with Crippen molar-refractivity contribution in [1.82, 2.24) is 9.88 Å². The largest absolute Gasteiger partial charge is 0.486 e. The molecule has 152 valence electrons. The number of amidine groups is 1. The predicted molar refractivity (Wildman–Crippen MR) is 117 cm³/mol. The molecule has 2 N–H and O–H groups in total. The van der Waals surface area contributed by atoms with Crippen LogP contribution in [0.25, 0.3) is 22.4 Å². The monoisotopic (exact) mass is 408 g/mol. The van der Waals surface area contributed by atoms with E-state index in [1.165, 1.54) is 12.0 Å². The molecule has 1 aromatic heterocycles. The Balaban J connectivity index is 1.50. The Bertz CT molecular complexity index is 1270. The molecule has 2 amide bonds. The number of benzene rings is 2. The van der Waals surface area contributed by atoms with Crippen LogP contribution in [-0.2, 0) is 12.0 Å². The molecule has 3 aliphatic rings. The van der Waals surface area contributed by atoms with Gasteiger partial charge in [0.2, 0.25) is 0 Å². The van der Waals surface area contributed by atoms with Crippen molar-refractivity contribution in [1.29, 1.82) is 0 Å². The highest BCUT2D eigenvalue weighted by atomic mass is 16.2. The lowest BCUT2D eigenvalue weighted by Gasteiger charge is -2.38. The van der Waals surface area contributed by atoms with Crippen LogP contribution in [0.2, 0.25) is 0 Å². The van der Waals surface area contributed by atoms with Gasteiger partial charge < -0.3 is 5.73 Å². The first-order chi connectivity index (χ1) is 15.1. The Labute approximate surface area is 180 Å². The number of rotatable bonds is 3. The number of hydrogen-bond acceptors (Lipinski definition) is 3. The van der Waals surface area contributed by atoms with Gasteiger partial charge in [0.25, 0.3) is 0 Å². The number of urea groups is 1. The first-order valence-electron chi connectivity index (χ1n) is 10.7. The number of nitrogens with zero attached hydrogens (tertiary/aromatic N) is 4. The standard InChI is InChI=1S/C25H22N5O/c26-25(12-4-13-25)18-9-7-17(8-10-18)22-19(16-5-2-1-3-6-16)15-20-21(27-22)11-14-30-23(20)28-29-24(30)31/h1-3,5-10,15H,4,11-14,26H2/q+1. The highest BCUT2D eigenvalue weighted by molar-refractivity contribution is 6.08. The van der Waals surface area contributed by atoms with Gasteiger partial charge in [-0.1, -0.05) is 59.4 Å². The Morgan fingerprint density at radius 1 is 0.968 bits per heavy atom. The SMILES string of the molecule is NC1(c2ccc(-c3nc4c(cc3-c3ccccc3)C3=[N+]=NC(=O)N3CC4)cc2)CCC1. The minimum absolute atomic E-state index is 0.176. The van der Waals surface area contributed by atoms with Crippen molar-refractivity contribution in [2.45, 2.75) is 31.2 Å². The number of fused-ring (bicyclic) bond motifs is 3. The zero-order valence-corrected chi connectivity index (χ0v) is 17.1. The van der Waals surface area contributed by atoms with Gasteiger partial charge in [-0.25, -0.2) is 4.79 Å². The average Bonchev–Trinajstić information content (AvgIpc) is 3.18. The second kappa shape index (κ2) is 6.71. The quantitative estimate of drug-likeness (QED) is 0.661. The van der Waals surface area contributed by atoms with Gasteiger partial charge in [0, 0.05) is 23.1 Å². The first kappa shape index (κ1) is 18.2. The highest BCUT2D eigenvalue weighted by Gasteiger charge is 2.43. The van der Waals surface area contributed by atoms with Crippen LogP contribution in [-0.4, -0.2) is 33.1 Å². The normalized spacial score (nSPS) is 18.3. The molecule has 0 atom stereocenters. The van der Waals surface area contributed by atoms with E-state index in [0.717, 1.165) is 46.5 Å². The Morgan fingerprint density at radius 2 is 1.74 bits per heavy atom. The van der Waals surface area contributed by atoms with E-state index in [0.29, 0.717) is 18.8 Å². The summed E-state index contributed by atoms with van der Waals surface area (Å²) in [6.07, 6.45) is 3.96. The Kier molecular flexibility index (Phi) is 3.93. The molecular formula is C25H22N5O+. The van der Waals surface area contributed by atoms with Crippen molar-refractivity contribution in [2.24, 2.45) is 10.8 Å². The number of carbonyl (C=O) groups is 1. The fourth-order valence-electron chi connectivity index (χ4n) is 4.71. The van der Waals surface area contributed by atoms with Crippen LogP contribution in [0.3, 0.4) is 0 Å². The summed E-state index contributed by atoms with van der Waals surface area (Å²) >= 11 is 0. The molecule has 1 saturated carbocycles. The van der Waals surface area contributed by atoms with Crippen LogP contribution >= 0.6 is 0 Å². The van der Waals surface area contributed by atoms with Crippen molar-refractivity contribution < 1.29 is 9.58 Å². The molecule has 3 heterocycles. The maximum absolute atomic E-state index is 12.0. The van der Waals surface area contributed by atoms with Gasteiger partial charge >= 0.3 is 11.9 Å². The summed E-state index contributed by atoms with van der Waals surface area (Å²) in [6.45, 7) is 0.555. The van der Waals surface area contributed by atoms with Crippen LogP contribution < -0.4 is 5.73 Å². The van der Waals surface area contributed by atoms with Gasteiger partial charge in [0.15, 0.2) is 0 Å². The van der Waals surface area contributed by atoms with Crippen LogP contribution in [0.5, 0.6) is 0 Å². The molecular weight excluding hydrogens is 386 g/mol. The highest BCUT2D eigenvalue weighted by Crippen LogP contribution is 2.40. The molecule has 0 bridgehead atoms. The smallest absolute Gasteiger partial charge is 0.321 e. The zero-order chi connectivity index (χ0) is 21.0. The van der Waals surface area contributed by atoms with Crippen molar-refractivity contribution in [3.8, 4) is 22.4 Å².